The number of hydrogen-bond acceptors (Lipinski definition) is 3. The summed E-state index contributed by atoms with van der Waals surface area (Å²) in [7, 11) is 0. The molecule has 0 amide bonds. The van der Waals surface area contributed by atoms with Gasteiger partial charge in [0.15, 0.2) is 0 Å². The van der Waals surface area contributed by atoms with E-state index in [1.807, 2.05) is 0 Å². The van der Waals surface area contributed by atoms with Crippen LogP contribution in [0.25, 0.3) is 0 Å². The minimum atomic E-state index is -0.320. The van der Waals surface area contributed by atoms with Crippen molar-refractivity contribution in [1.29, 1.82) is 5.41 Å². The molecule has 0 aromatic heterocycles. The van der Waals surface area contributed by atoms with Crippen molar-refractivity contribution >= 4 is 11.7 Å². The van der Waals surface area contributed by atoms with Gasteiger partial charge in [-0.2, -0.15) is 0 Å². The summed E-state index contributed by atoms with van der Waals surface area (Å²) in [5, 5.41) is 8.08. The lowest BCUT2D eigenvalue weighted by atomic mass is 9.47. The van der Waals surface area contributed by atoms with Crippen molar-refractivity contribution in [2.75, 3.05) is 0 Å². The highest BCUT2D eigenvalue weighted by Gasteiger charge is 2.66. The zero-order valence-electron chi connectivity index (χ0n) is 16.1. The number of carbonyl (C=O) groups excluding carboxylic acids is 1. The van der Waals surface area contributed by atoms with Crippen molar-refractivity contribution in [3.05, 3.63) is 23.8 Å². The monoisotopic (exact) mass is 353 g/mol. The topological polar surface area (TPSA) is 50.2 Å². The summed E-state index contributed by atoms with van der Waals surface area (Å²) in [5.41, 5.74) is 2.23. The van der Waals surface area contributed by atoms with Gasteiger partial charge in [-0.05, 0) is 93.1 Å². The van der Waals surface area contributed by atoms with Crippen molar-refractivity contribution in [1.82, 2.24) is 0 Å². The molecule has 26 heavy (non-hydrogen) atoms. The Balaban J connectivity index is 1.53. The lowest BCUT2D eigenvalue weighted by Crippen LogP contribution is -2.55. The number of esters is 1. The quantitative estimate of drug-likeness (QED) is 0.669. The number of hydrogen-bond donors (Lipinski definition) is 1. The van der Waals surface area contributed by atoms with E-state index < -0.39 is 0 Å². The fourth-order valence-electron chi connectivity index (χ4n) is 8.07. The van der Waals surface area contributed by atoms with Crippen LogP contribution in [0.5, 0.6) is 0 Å². The van der Waals surface area contributed by atoms with Crippen LogP contribution in [0.2, 0.25) is 0 Å². The highest BCUT2D eigenvalue weighted by molar-refractivity contribution is 5.93. The normalized spacial score (nSPS) is 49.5. The van der Waals surface area contributed by atoms with Gasteiger partial charge in [-0.15, -0.1) is 0 Å². The number of carbonyl (C=O) groups is 1. The Labute approximate surface area is 156 Å². The second-order valence-electron chi connectivity index (χ2n) is 9.65. The molecule has 0 aromatic carbocycles. The number of fused-ring (bicyclic) bond motifs is 6. The Hall–Kier alpha value is -1.38. The summed E-state index contributed by atoms with van der Waals surface area (Å²) in [6, 6.07) is 0. The molecular formula is C23H31NO2. The van der Waals surface area contributed by atoms with E-state index in [1.165, 1.54) is 32.1 Å². The number of nitrogens with one attached hydrogen (secondary N) is 1. The molecular weight excluding hydrogens is 322 g/mol. The third-order valence-corrected chi connectivity index (χ3v) is 8.96. The van der Waals surface area contributed by atoms with Crippen molar-refractivity contribution in [2.45, 2.75) is 70.8 Å². The third kappa shape index (κ3) is 2.00. The second kappa shape index (κ2) is 5.56. The molecule has 3 fully saturated rings. The van der Waals surface area contributed by atoms with E-state index >= 15 is 0 Å². The molecule has 1 heterocycles. The van der Waals surface area contributed by atoms with Gasteiger partial charge in [0.05, 0.1) is 0 Å². The minimum absolute atomic E-state index is 0.131. The molecule has 4 unspecified atom stereocenters. The smallest absolute Gasteiger partial charge is 0.331 e. The Morgan fingerprint density at radius 1 is 1.27 bits per heavy atom. The van der Waals surface area contributed by atoms with Crippen LogP contribution in [0.15, 0.2) is 23.8 Å². The maximum absolute atomic E-state index is 12.0. The van der Waals surface area contributed by atoms with Gasteiger partial charge < -0.3 is 10.1 Å². The van der Waals surface area contributed by atoms with E-state index in [1.54, 1.807) is 11.6 Å². The lowest BCUT2D eigenvalue weighted by Gasteiger charge is -2.58. The first-order valence-electron chi connectivity index (χ1n) is 10.7. The molecule has 0 bridgehead atoms. The summed E-state index contributed by atoms with van der Waals surface area (Å²) in [4.78, 5) is 12.0. The van der Waals surface area contributed by atoms with Crippen molar-refractivity contribution in [3.8, 4) is 0 Å². The van der Waals surface area contributed by atoms with E-state index in [9.17, 15) is 4.79 Å². The summed E-state index contributed by atoms with van der Waals surface area (Å²) in [5.74, 6) is 3.47. The molecule has 1 spiro atoms. The number of rotatable bonds is 1. The summed E-state index contributed by atoms with van der Waals surface area (Å²) < 4.78 is 6.02. The van der Waals surface area contributed by atoms with E-state index in [4.69, 9.17) is 10.1 Å². The first-order valence-corrected chi connectivity index (χ1v) is 10.7. The molecule has 7 atom stereocenters. The van der Waals surface area contributed by atoms with Crippen LogP contribution in [-0.4, -0.2) is 17.3 Å². The molecule has 1 N–H and O–H groups in total. The summed E-state index contributed by atoms with van der Waals surface area (Å²) in [6.07, 6.45) is 15.1. The second-order valence-corrected chi connectivity index (χ2v) is 9.65. The Bertz CT molecular complexity index is 722. The minimum Gasteiger partial charge on any atom is -0.451 e. The van der Waals surface area contributed by atoms with Gasteiger partial charge >= 0.3 is 5.97 Å². The maximum Gasteiger partial charge on any atom is 0.331 e. The molecule has 5 aliphatic rings. The van der Waals surface area contributed by atoms with E-state index in [0.717, 1.165) is 36.8 Å². The number of allylic oxidation sites excluding steroid dienone is 2. The maximum atomic E-state index is 12.0. The highest BCUT2D eigenvalue weighted by atomic mass is 16.6. The van der Waals surface area contributed by atoms with Crippen LogP contribution in [0.4, 0.5) is 0 Å². The van der Waals surface area contributed by atoms with Crippen LogP contribution >= 0.6 is 0 Å². The summed E-state index contributed by atoms with van der Waals surface area (Å²) >= 11 is 0. The molecule has 0 radical (unpaired) electrons. The zero-order valence-corrected chi connectivity index (χ0v) is 16.1. The van der Waals surface area contributed by atoms with E-state index in [0.29, 0.717) is 17.8 Å². The lowest BCUT2D eigenvalue weighted by molar-refractivity contribution is -0.166. The predicted octanol–water partition coefficient (Wildman–Crippen LogP) is 5.07. The van der Waals surface area contributed by atoms with Gasteiger partial charge in [-0.1, -0.05) is 19.4 Å². The molecule has 140 valence electrons. The van der Waals surface area contributed by atoms with Gasteiger partial charge in [0.1, 0.15) is 5.60 Å². The molecule has 3 heteroatoms. The fourth-order valence-corrected chi connectivity index (χ4v) is 8.07. The predicted molar refractivity (Wildman–Crippen MR) is 102 cm³/mol. The Morgan fingerprint density at radius 3 is 2.85 bits per heavy atom. The fraction of sp³-hybridized carbons (Fsp3) is 0.739. The van der Waals surface area contributed by atoms with Crippen LogP contribution in [0.1, 0.15) is 65.2 Å². The van der Waals surface area contributed by atoms with Gasteiger partial charge in [-0.25, -0.2) is 4.79 Å². The van der Waals surface area contributed by atoms with Crippen LogP contribution in [-0.2, 0) is 9.53 Å². The van der Waals surface area contributed by atoms with Gasteiger partial charge in [-0.3, -0.25) is 0 Å². The van der Waals surface area contributed by atoms with Crippen molar-refractivity contribution < 1.29 is 9.53 Å². The molecule has 4 aliphatic carbocycles. The average molecular weight is 354 g/mol. The molecule has 0 aromatic rings. The van der Waals surface area contributed by atoms with E-state index in [-0.39, 0.29) is 17.0 Å². The summed E-state index contributed by atoms with van der Waals surface area (Å²) in [6.45, 7) is 4.77. The van der Waals surface area contributed by atoms with Crippen LogP contribution < -0.4 is 0 Å². The Morgan fingerprint density at radius 2 is 2.12 bits per heavy atom. The highest BCUT2D eigenvalue weighted by Crippen LogP contribution is 2.68. The first-order chi connectivity index (χ1) is 12.5. The van der Waals surface area contributed by atoms with Crippen LogP contribution in [0.3, 0.4) is 0 Å². The average Bonchev–Trinajstić information content (AvgIpc) is 3.16. The van der Waals surface area contributed by atoms with Gasteiger partial charge in [0.25, 0.3) is 0 Å². The van der Waals surface area contributed by atoms with Crippen molar-refractivity contribution in [2.24, 2.45) is 35.0 Å². The largest absolute Gasteiger partial charge is 0.451 e. The van der Waals surface area contributed by atoms with Gasteiger partial charge in [0.2, 0.25) is 0 Å². The molecule has 1 aliphatic heterocycles. The first kappa shape index (κ1) is 16.8. The van der Waals surface area contributed by atoms with Crippen molar-refractivity contribution in [3.63, 3.8) is 0 Å². The standard InChI is InChI=1S/C23H31NO2/c1-3-22-9-6-18-17-5-4-16(24)13-15(17)12-14(2)21(18)19(22)7-10-23(22)11-8-20(25)26-23/h8,11,13-14,17-19,21,24H,3-7,9-10,12H2,1-2H3/t14?,17-,18?,19?,21?,22-,23+/m0/s1. The zero-order chi connectivity index (χ0) is 18.1. The Kier molecular flexibility index (Phi) is 3.59. The van der Waals surface area contributed by atoms with Gasteiger partial charge in [0, 0.05) is 17.2 Å². The molecule has 3 nitrogen and oxygen atoms in total. The number of ether oxygens (including phenoxy) is 1. The van der Waals surface area contributed by atoms with Crippen LogP contribution in [0, 0.1) is 40.4 Å². The molecule has 5 rings (SSSR count). The third-order valence-electron chi connectivity index (χ3n) is 8.96. The van der Waals surface area contributed by atoms with E-state index in [2.05, 4.69) is 26.0 Å². The molecule has 0 saturated heterocycles. The SMILES string of the molecule is CC[C@]12CCC3C(C(C)CC4=CC(=N)CC[C@@H]43)C1CC[C@@]21C=CC(=O)O1. The molecule has 3 saturated carbocycles.